The van der Waals surface area contributed by atoms with Crippen molar-refractivity contribution >= 4 is 21.9 Å². The van der Waals surface area contributed by atoms with Gasteiger partial charge < -0.3 is 19.4 Å². The maximum Gasteiger partial charge on any atom is 0.159 e. The number of benzene rings is 2. The first-order chi connectivity index (χ1) is 13.7. The number of hydrogen-bond donors (Lipinski definition) is 2. The summed E-state index contributed by atoms with van der Waals surface area (Å²) >= 11 is 0. The van der Waals surface area contributed by atoms with Gasteiger partial charge in [0.15, 0.2) is 5.82 Å². The molecule has 28 heavy (non-hydrogen) atoms. The van der Waals surface area contributed by atoms with Crippen molar-refractivity contribution in [3.63, 3.8) is 0 Å². The van der Waals surface area contributed by atoms with E-state index >= 15 is 0 Å². The smallest absolute Gasteiger partial charge is 0.159 e. The van der Waals surface area contributed by atoms with Crippen LogP contribution in [-0.4, -0.2) is 58.4 Å². The lowest BCUT2D eigenvalue weighted by atomic mass is 10.1. The van der Waals surface area contributed by atoms with Crippen molar-refractivity contribution in [3.05, 3.63) is 36.4 Å². The number of nitrogens with zero attached hydrogens (tertiary/aromatic N) is 3. The molecule has 2 N–H and O–H groups in total. The predicted molar refractivity (Wildman–Crippen MR) is 109 cm³/mol. The van der Waals surface area contributed by atoms with E-state index in [4.69, 9.17) is 14.5 Å². The van der Waals surface area contributed by atoms with Gasteiger partial charge in [-0.1, -0.05) is 0 Å². The van der Waals surface area contributed by atoms with Gasteiger partial charge in [0.25, 0.3) is 0 Å². The number of rotatable bonds is 4. The summed E-state index contributed by atoms with van der Waals surface area (Å²) in [4.78, 5) is 10.4. The van der Waals surface area contributed by atoms with E-state index in [2.05, 4.69) is 27.1 Å². The molecule has 4 aromatic rings. The maximum atomic E-state index is 6.21. The van der Waals surface area contributed by atoms with Gasteiger partial charge in [-0.3, -0.25) is 5.10 Å². The van der Waals surface area contributed by atoms with Gasteiger partial charge in [0.1, 0.15) is 23.3 Å². The third-order valence-corrected chi connectivity index (χ3v) is 5.33. The van der Waals surface area contributed by atoms with Gasteiger partial charge in [0.05, 0.1) is 23.7 Å². The molecule has 7 heteroatoms. The number of likely N-dealkylation sites (tertiary alicyclic amines) is 1. The van der Waals surface area contributed by atoms with E-state index in [-0.39, 0.29) is 6.10 Å². The minimum Gasteiger partial charge on any atom is -0.497 e. The molecule has 1 fully saturated rings. The summed E-state index contributed by atoms with van der Waals surface area (Å²) in [6, 6.07) is 11.8. The van der Waals surface area contributed by atoms with E-state index < -0.39 is 0 Å². The molecule has 144 valence electrons. The van der Waals surface area contributed by atoms with E-state index in [9.17, 15) is 0 Å². The number of aromatic amines is 2. The van der Waals surface area contributed by atoms with Crippen molar-refractivity contribution in [2.45, 2.75) is 18.9 Å². The molecule has 3 heterocycles. The Hall–Kier alpha value is -3.06. The van der Waals surface area contributed by atoms with Gasteiger partial charge in [-0.05, 0) is 56.8 Å². The predicted octanol–water partition coefficient (Wildman–Crippen LogP) is 3.59. The molecule has 2 aromatic carbocycles. The molecular weight excluding hydrogens is 354 g/mol. The molecule has 5 rings (SSSR count). The van der Waals surface area contributed by atoms with E-state index in [1.165, 1.54) is 6.42 Å². The first-order valence-corrected chi connectivity index (χ1v) is 9.57. The third kappa shape index (κ3) is 3.07. The van der Waals surface area contributed by atoms with E-state index in [1.807, 2.05) is 36.4 Å². The number of hydrogen-bond acceptors (Lipinski definition) is 5. The summed E-state index contributed by atoms with van der Waals surface area (Å²) in [6.07, 6.45) is 2.51. The van der Waals surface area contributed by atoms with Gasteiger partial charge in [-0.25, -0.2) is 4.98 Å². The zero-order valence-corrected chi connectivity index (χ0v) is 16.0. The molecule has 1 unspecified atom stereocenters. The largest absolute Gasteiger partial charge is 0.497 e. The van der Waals surface area contributed by atoms with Gasteiger partial charge >= 0.3 is 0 Å². The summed E-state index contributed by atoms with van der Waals surface area (Å²) in [5, 5.41) is 8.48. The highest BCUT2D eigenvalue weighted by atomic mass is 16.5. The number of imidazole rings is 1. The topological polar surface area (TPSA) is 79.1 Å². The Morgan fingerprint density at radius 2 is 2.00 bits per heavy atom. The molecule has 0 spiro atoms. The lowest BCUT2D eigenvalue weighted by Crippen LogP contribution is -2.38. The highest BCUT2D eigenvalue weighted by Gasteiger charge is 2.19. The Morgan fingerprint density at radius 3 is 2.86 bits per heavy atom. The second-order valence-electron chi connectivity index (χ2n) is 7.39. The van der Waals surface area contributed by atoms with Crippen LogP contribution in [0.4, 0.5) is 0 Å². The summed E-state index contributed by atoms with van der Waals surface area (Å²) in [5.41, 5.74) is 3.56. The van der Waals surface area contributed by atoms with Gasteiger partial charge in [0.2, 0.25) is 0 Å². The molecule has 0 aliphatic carbocycles. The van der Waals surface area contributed by atoms with Crippen LogP contribution in [0.5, 0.6) is 11.5 Å². The number of methoxy groups -OCH3 is 1. The summed E-state index contributed by atoms with van der Waals surface area (Å²) in [6.45, 7) is 2.11. The highest BCUT2D eigenvalue weighted by molar-refractivity contribution is 5.94. The van der Waals surface area contributed by atoms with Crippen LogP contribution in [0, 0.1) is 0 Å². The van der Waals surface area contributed by atoms with Crippen LogP contribution in [-0.2, 0) is 0 Å². The van der Waals surface area contributed by atoms with Crippen molar-refractivity contribution in [1.29, 1.82) is 0 Å². The number of fused-ring (bicyclic) bond motifs is 2. The Bertz CT molecular complexity index is 1130. The molecule has 1 saturated heterocycles. The molecule has 0 radical (unpaired) electrons. The fourth-order valence-corrected chi connectivity index (χ4v) is 3.88. The Morgan fingerprint density at radius 1 is 1.11 bits per heavy atom. The van der Waals surface area contributed by atoms with Crippen LogP contribution >= 0.6 is 0 Å². The number of piperidine rings is 1. The fourth-order valence-electron chi connectivity index (χ4n) is 3.88. The van der Waals surface area contributed by atoms with Crippen molar-refractivity contribution < 1.29 is 9.47 Å². The molecule has 7 nitrogen and oxygen atoms in total. The maximum absolute atomic E-state index is 6.21. The van der Waals surface area contributed by atoms with E-state index in [0.717, 1.165) is 64.5 Å². The van der Waals surface area contributed by atoms with Crippen LogP contribution in [0.3, 0.4) is 0 Å². The second-order valence-corrected chi connectivity index (χ2v) is 7.39. The molecule has 1 atom stereocenters. The highest BCUT2D eigenvalue weighted by Crippen LogP contribution is 2.30. The standard InChI is InChI=1S/C21H23N5O2/c1-26-9-3-4-15(12-26)28-14-6-8-18-19(11-14)23-21(22-18)20-16-10-13(27-2)5-7-17(16)24-25-20/h5-8,10-11,15H,3-4,9,12H2,1-2H3,(H,22,23)(H,24,25). The molecule has 0 amide bonds. The SMILES string of the molecule is COc1ccc2[nH]nc(-c3nc4ccc(OC5CCCN(C)C5)cc4[nH]3)c2c1. The number of nitrogens with one attached hydrogen (secondary N) is 2. The van der Waals surface area contributed by atoms with Crippen LogP contribution < -0.4 is 9.47 Å². The van der Waals surface area contributed by atoms with Gasteiger partial charge in [0, 0.05) is 18.0 Å². The zero-order valence-electron chi connectivity index (χ0n) is 16.0. The molecule has 0 saturated carbocycles. The lowest BCUT2D eigenvalue weighted by Gasteiger charge is -2.29. The monoisotopic (exact) mass is 377 g/mol. The molecule has 1 aliphatic heterocycles. The number of H-pyrrole nitrogens is 2. The van der Waals surface area contributed by atoms with Crippen molar-refractivity contribution in [2.24, 2.45) is 0 Å². The Labute approximate surface area is 162 Å². The van der Waals surface area contributed by atoms with Crippen molar-refractivity contribution in [3.8, 4) is 23.0 Å². The van der Waals surface area contributed by atoms with Gasteiger partial charge in [-0.15, -0.1) is 0 Å². The fraction of sp³-hybridized carbons (Fsp3) is 0.333. The normalized spacial score (nSPS) is 18.0. The molecular formula is C21H23N5O2. The summed E-state index contributed by atoms with van der Waals surface area (Å²) in [5.74, 6) is 2.39. The van der Waals surface area contributed by atoms with Crippen molar-refractivity contribution in [2.75, 3.05) is 27.2 Å². The van der Waals surface area contributed by atoms with E-state index in [1.54, 1.807) is 7.11 Å². The van der Waals surface area contributed by atoms with Crippen LogP contribution in [0.1, 0.15) is 12.8 Å². The van der Waals surface area contributed by atoms with E-state index in [0.29, 0.717) is 0 Å². The average molecular weight is 377 g/mol. The molecule has 2 aromatic heterocycles. The molecule has 0 bridgehead atoms. The number of ether oxygens (including phenoxy) is 2. The summed E-state index contributed by atoms with van der Waals surface area (Å²) < 4.78 is 11.6. The minimum atomic E-state index is 0.237. The number of likely N-dealkylation sites (N-methyl/N-ethyl adjacent to an activating group) is 1. The first-order valence-electron chi connectivity index (χ1n) is 9.57. The Balaban J connectivity index is 1.47. The van der Waals surface area contributed by atoms with Crippen LogP contribution in [0.15, 0.2) is 36.4 Å². The Kier molecular flexibility index (Phi) is 4.16. The quantitative estimate of drug-likeness (QED) is 0.568. The third-order valence-electron chi connectivity index (χ3n) is 5.33. The lowest BCUT2D eigenvalue weighted by molar-refractivity contribution is 0.104. The minimum absolute atomic E-state index is 0.237. The second kappa shape index (κ2) is 6.83. The van der Waals surface area contributed by atoms with Crippen LogP contribution in [0.2, 0.25) is 0 Å². The van der Waals surface area contributed by atoms with Crippen molar-refractivity contribution in [1.82, 2.24) is 25.1 Å². The van der Waals surface area contributed by atoms with Gasteiger partial charge in [-0.2, -0.15) is 5.10 Å². The summed E-state index contributed by atoms with van der Waals surface area (Å²) in [7, 11) is 3.80. The van der Waals surface area contributed by atoms with Crippen LogP contribution in [0.25, 0.3) is 33.5 Å². The average Bonchev–Trinajstić information content (AvgIpc) is 3.30. The zero-order chi connectivity index (χ0) is 19.1. The molecule has 1 aliphatic rings. The number of aromatic nitrogens is 4. The first kappa shape index (κ1) is 17.1.